The topological polar surface area (TPSA) is 66.7 Å². The predicted octanol–water partition coefficient (Wildman–Crippen LogP) is 2.82. The molecule has 2 aliphatic rings. The number of hydrogen-bond donors (Lipinski definition) is 0. The molecular formula is C17H23N3O3. The molecule has 0 saturated carbocycles. The van der Waals surface area contributed by atoms with Gasteiger partial charge in [0.15, 0.2) is 0 Å². The summed E-state index contributed by atoms with van der Waals surface area (Å²) in [7, 11) is 0. The van der Waals surface area contributed by atoms with Crippen LogP contribution in [0.3, 0.4) is 0 Å². The minimum atomic E-state index is -0.333. The molecule has 2 aliphatic heterocycles. The monoisotopic (exact) mass is 317 g/mol. The number of carbonyl (C=O) groups is 1. The van der Waals surface area contributed by atoms with Gasteiger partial charge in [-0.05, 0) is 38.2 Å². The summed E-state index contributed by atoms with van der Waals surface area (Å²) in [5.41, 5.74) is 0.815. The van der Waals surface area contributed by atoms with Crippen molar-refractivity contribution in [2.24, 2.45) is 5.92 Å². The van der Waals surface area contributed by atoms with Crippen molar-refractivity contribution >= 4 is 17.3 Å². The van der Waals surface area contributed by atoms with Gasteiger partial charge in [0.05, 0.1) is 4.92 Å². The van der Waals surface area contributed by atoms with Crippen LogP contribution in [0.2, 0.25) is 0 Å². The molecule has 0 aromatic heterocycles. The standard InChI is InChI=1S/C17H23N3O3/c21-17(19-10-4-1-5-11-19)14-8-12-18(13-9-14)15-6-2-3-7-16(15)20(22)23/h2-3,6-7,14H,1,4-5,8-13H2. The zero-order valence-corrected chi connectivity index (χ0v) is 13.3. The lowest BCUT2D eigenvalue weighted by atomic mass is 9.94. The molecule has 6 nitrogen and oxygen atoms in total. The molecule has 6 heteroatoms. The first-order chi connectivity index (χ1) is 11.2. The van der Waals surface area contributed by atoms with Crippen LogP contribution < -0.4 is 4.90 Å². The number of nitrogens with zero attached hydrogens (tertiary/aromatic N) is 3. The Morgan fingerprint density at radius 1 is 1.04 bits per heavy atom. The minimum Gasteiger partial charge on any atom is -0.366 e. The zero-order valence-electron chi connectivity index (χ0n) is 13.3. The molecule has 1 aromatic carbocycles. The average Bonchev–Trinajstić information content (AvgIpc) is 2.62. The Bertz CT molecular complexity index is 576. The maximum Gasteiger partial charge on any atom is 0.292 e. The largest absolute Gasteiger partial charge is 0.366 e. The number of benzene rings is 1. The summed E-state index contributed by atoms with van der Waals surface area (Å²) in [6.45, 7) is 3.19. The van der Waals surface area contributed by atoms with Gasteiger partial charge in [0.25, 0.3) is 5.69 Å². The van der Waals surface area contributed by atoms with E-state index in [9.17, 15) is 14.9 Å². The van der Waals surface area contributed by atoms with E-state index in [1.54, 1.807) is 18.2 Å². The van der Waals surface area contributed by atoms with Crippen LogP contribution in [-0.2, 0) is 4.79 Å². The van der Waals surface area contributed by atoms with Gasteiger partial charge in [-0.2, -0.15) is 0 Å². The molecule has 0 bridgehead atoms. The fourth-order valence-corrected chi connectivity index (χ4v) is 3.63. The van der Waals surface area contributed by atoms with Crippen LogP contribution in [0.5, 0.6) is 0 Å². The second-order valence-electron chi connectivity index (χ2n) is 6.39. The lowest BCUT2D eigenvalue weighted by molar-refractivity contribution is -0.384. The third-order valence-electron chi connectivity index (χ3n) is 4.93. The molecule has 124 valence electrons. The summed E-state index contributed by atoms with van der Waals surface area (Å²) in [6.07, 6.45) is 5.00. The molecule has 0 unspecified atom stereocenters. The van der Waals surface area contributed by atoms with Crippen LogP contribution >= 0.6 is 0 Å². The number of hydrogen-bond acceptors (Lipinski definition) is 4. The van der Waals surface area contributed by atoms with E-state index < -0.39 is 0 Å². The molecule has 1 amide bonds. The Hall–Kier alpha value is -2.11. The van der Waals surface area contributed by atoms with E-state index in [-0.39, 0.29) is 22.4 Å². The van der Waals surface area contributed by atoms with E-state index >= 15 is 0 Å². The smallest absolute Gasteiger partial charge is 0.292 e. The molecular weight excluding hydrogens is 294 g/mol. The van der Waals surface area contributed by atoms with Crippen LogP contribution in [0.15, 0.2) is 24.3 Å². The number of rotatable bonds is 3. The number of nitro groups is 1. The number of nitro benzene ring substituents is 1. The second-order valence-corrected chi connectivity index (χ2v) is 6.39. The molecule has 0 radical (unpaired) electrons. The Labute approximate surface area is 136 Å². The summed E-state index contributed by atoms with van der Waals surface area (Å²) in [4.78, 5) is 27.4. The summed E-state index contributed by atoms with van der Waals surface area (Å²) in [6, 6.07) is 6.85. The summed E-state index contributed by atoms with van der Waals surface area (Å²) >= 11 is 0. The van der Waals surface area contributed by atoms with Crippen molar-refractivity contribution in [1.29, 1.82) is 0 Å². The molecule has 0 atom stereocenters. The van der Waals surface area contributed by atoms with E-state index in [0.29, 0.717) is 18.8 Å². The molecule has 1 aromatic rings. The fraction of sp³-hybridized carbons (Fsp3) is 0.588. The van der Waals surface area contributed by atoms with Crippen molar-refractivity contribution in [3.8, 4) is 0 Å². The highest BCUT2D eigenvalue weighted by Gasteiger charge is 2.30. The average molecular weight is 317 g/mol. The highest BCUT2D eigenvalue weighted by molar-refractivity contribution is 5.79. The third kappa shape index (κ3) is 3.46. The van der Waals surface area contributed by atoms with E-state index in [4.69, 9.17) is 0 Å². The van der Waals surface area contributed by atoms with Crippen molar-refractivity contribution in [3.05, 3.63) is 34.4 Å². The van der Waals surface area contributed by atoms with Crippen molar-refractivity contribution < 1.29 is 9.72 Å². The molecule has 0 N–H and O–H groups in total. The minimum absolute atomic E-state index is 0.0760. The Kier molecular flexibility index (Phi) is 4.79. The molecule has 0 spiro atoms. The van der Waals surface area contributed by atoms with Crippen LogP contribution in [0.25, 0.3) is 0 Å². The molecule has 2 fully saturated rings. The number of para-hydroxylation sites is 2. The van der Waals surface area contributed by atoms with Gasteiger partial charge in [-0.3, -0.25) is 14.9 Å². The first-order valence-electron chi connectivity index (χ1n) is 8.44. The lowest BCUT2D eigenvalue weighted by Gasteiger charge is -2.36. The first kappa shape index (κ1) is 15.8. The Balaban J connectivity index is 1.62. The van der Waals surface area contributed by atoms with Crippen LogP contribution in [0.1, 0.15) is 32.1 Å². The van der Waals surface area contributed by atoms with Crippen LogP contribution in [0, 0.1) is 16.0 Å². The van der Waals surface area contributed by atoms with Gasteiger partial charge in [-0.15, -0.1) is 0 Å². The van der Waals surface area contributed by atoms with Gasteiger partial charge in [0.1, 0.15) is 5.69 Å². The van der Waals surface area contributed by atoms with Crippen molar-refractivity contribution in [1.82, 2.24) is 4.90 Å². The highest BCUT2D eigenvalue weighted by Crippen LogP contribution is 2.31. The number of likely N-dealkylation sites (tertiary alicyclic amines) is 1. The normalized spacial score (nSPS) is 19.7. The number of amides is 1. The third-order valence-corrected chi connectivity index (χ3v) is 4.93. The maximum absolute atomic E-state index is 12.6. The van der Waals surface area contributed by atoms with Crippen molar-refractivity contribution in [2.45, 2.75) is 32.1 Å². The molecule has 2 saturated heterocycles. The van der Waals surface area contributed by atoms with Gasteiger partial charge in [0, 0.05) is 38.2 Å². The molecule has 23 heavy (non-hydrogen) atoms. The lowest BCUT2D eigenvalue weighted by Crippen LogP contribution is -2.44. The predicted molar refractivity (Wildman–Crippen MR) is 88.5 cm³/mol. The van der Waals surface area contributed by atoms with Crippen LogP contribution in [-0.4, -0.2) is 41.9 Å². The number of anilines is 1. The molecule has 2 heterocycles. The fourth-order valence-electron chi connectivity index (χ4n) is 3.63. The van der Waals surface area contributed by atoms with Crippen LogP contribution in [0.4, 0.5) is 11.4 Å². The van der Waals surface area contributed by atoms with Gasteiger partial charge in [0.2, 0.25) is 5.91 Å². The van der Waals surface area contributed by atoms with Gasteiger partial charge >= 0.3 is 0 Å². The van der Waals surface area contributed by atoms with Gasteiger partial charge in [-0.1, -0.05) is 12.1 Å². The van der Waals surface area contributed by atoms with E-state index in [1.807, 2.05) is 15.9 Å². The molecule has 0 aliphatic carbocycles. The highest BCUT2D eigenvalue weighted by atomic mass is 16.6. The summed E-state index contributed by atoms with van der Waals surface area (Å²) < 4.78 is 0. The zero-order chi connectivity index (χ0) is 16.2. The number of piperidine rings is 2. The Morgan fingerprint density at radius 3 is 2.35 bits per heavy atom. The summed E-state index contributed by atoms with van der Waals surface area (Å²) in [5.74, 6) is 0.360. The van der Waals surface area contributed by atoms with Gasteiger partial charge < -0.3 is 9.80 Å². The quantitative estimate of drug-likeness (QED) is 0.635. The first-order valence-corrected chi connectivity index (χ1v) is 8.44. The maximum atomic E-state index is 12.6. The van der Waals surface area contributed by atoms with E-state index in [1.165, 1.54) is 6.42 Å². The number of carbonyl (C=O) groups excluding carboxylic acids is 1. The van der Waals surface area contributed by atoms with E-state index in [0.717, 1.165) is 38.8 Å². The van der Waals surface area contributed by atoms with E-state index in [2.05, 4.69) is 0 Å². The second kappa shape index (κ2) is 6.98. The SMILES string of the molecule is O=C(C1CCN(c2ccccc2[N+](=O)[O-])CC1)N1CCCCC1. The van der Waals surface area contributed by atoms with Crippen molar-refractivity contribution in [3.63, 3.8) is 0 Å². The Morgan fingerprint density at radius 2 is 1.70 bits per heavy atom. The summed E-state index contributed by atoms with van der Waals surface area (Å²) in [5, 5.41) is 11.2. The van der Waals surface area contributed by atoms with Gasteiger partial charge in [-0.25, -0.2) is 0 Å². The van der Waals surface area contributed by atoms with Crippen molar-refractivity contribution in [2.75, 3.05) is 31.1 Å². The molecule has 3 rings (SSSR count).